The molecular formula is C16H24BrFO. The van der Waals surface area contributed by atoms with E-state index in [4.69, 9.17) is 4.74 Å². The van der Waals surface area contributed by atoms with Gasteiger partial charge in [0.2, 0.25) is 0 Å². The molecule has 0 heterocycles. The van der Waals surface area contributed by atoms with Gasteiger partial charge in [0, 0.05) is 5.33 Å². The molecule has 0 N–H and O–H groups in total. The summed E-state index contributed by atoms with van der Waals surface area (Å²) in [7, 11) is 0. The molecule has 0 spiro atoms. The highest BCUT2D eigenvalue weighted by Crippen LogP contribution is 2.23. The van der Waals surface area contributed by atoms with E-state index >= 15 is 0 Å². The SMILES string of the molecule is CCCCCCC(C)OC(CBr)c1ccc(F)cc1. The quantitative estimate of drug-likeness (QED) is 0.420. The summed E-state index contributed by atoms with van der Waals surface area (Å²) in [6, 6.07) is 6.57. The Kier molecular flexibility index (Phi) is 8.31. The molecule has 0 saturated heterocycles. The molecule has 2 atom stereocenters. The lowest BCUT2D eigenvalue weighted by Gasteiger charge is -2.21. The van der Waals surface area contributed by atoms with Crippen LogP contribution in [-0.2, 0) is 4.74 Å². The molecule has 0 radical (unpaired) electrons. The molecule has 3 heteroatoms. The first kappa shape index (κ1) is 16.6. The molecule has 1 rings (SSSR count). The lowest BCUT2D eigenvalue weighted by molar-refractivity contribution is 0.00490. The van der Waals surface area contributed by atoms with Gasteiger partial charge in [-0.25, -0.2) is 4.39 Å². The van der Waals surface area contributed by atoms with Crippen LogP contribution in [0, 0.1) is 5.82 Å². The molecule has 0 bridgehead atoms. The fourth-order valence-electron chi connectivity index (χ4n) is 2.09. The summed E-state index contributed by atoms with van der Waals surface area (Å²) < 4.78 is 18.9. The van der Waals surface area contributed by atoms with Crippen LogP contribution in [0.5, 0.6) is 0 Å². The van der Waals surface area contributed by atoms with E-state index in [0.717, 1.165) is 17.3 Å². The zero-order chi connectivity index (χ0) is 14.1. The van der Waals surface area contributed by atoms with Gasteiger partial charge in [-0.3, -0.25) is 0 Å². The third kappa shape index (κ3) is 6.53. The number of halogens is 2. The maximum absolute atomic E-state index is 12.9. The van der Waals surface area contributed by atoms with Crippen LogP contribution in [0.15, 0.2) is 24.3 Å². The van der Waals surface area contributed by atoms with Crippen LogP contribution in [-0.4, -0.2) is 11.4 Å². The van der Waals surface area contributed by atoms with E-state index in [1.54, 1.807) is 12.1 Å². The molecule has 0 aromatic heterocycles. The summed E-state index contributed by atoms with van der Waals surface area (Å²) in [6.45, 7) is 4.33. The van der Waals surface area contributed by atoms with Gasteiger partial charge in [0.15, 0.2) is 0 Å². The summed E-state index contributed by atoms with van der Waals surface area (Å²) in [6.07, 6.45) is 6.38. The van der Waals surface area contributed by atoms with Gasteiger partial charge in [0.25, 0.3) is 0 Å². The Hall–Kier alpha value is -0.410. The fourth-order valence-corrected chi connectivity index (χ4v) is 2.61. The third-order valence-electron chi connectivity index (χ3n) is 3.24. The second-order valence-electron chi connectivity index (χ2n) is 4.99. The van der Waals surface area contributed by atoms with Gasteiger partial charge < -0.3 is 4.74 Å². The van der Waals surface area contributed by atoms with Gasteiger partial charge in [-0.05, 0) is 31.0 Å². The number of alkyl halides is 1. The zero-order valence-corrected chi connectivity index (χ0v) is 13.5. The summed E-state index contributed by atoms with van der Waals surface area (Å²) in [5.41, 5.74) is 1.03. The molecule has 19 heavy (non-hydrogen) atoms. The van der Waals surface area contributed by atoms with Gasteiger partial charge >= 0.3 is 0 Å². The summed E-state index contributed by atoms with van der Waals surface area (Å²) in [5.74, 6) is -0.204. The molecule has 0 fully saturated rings. The number of hydrogen-bond donors (Lipinski definition) is 0. The normalized spacial score (nSPS) is 14.3. The lowest BCUT2D eigenvalue weighted by atomic mass is 10.1. The van der Waals surface area contributed by atoms with Gasteiger partial charge in [-0.2, -0.15) is 0 Å². The van der Waals surface area contributed by atoms with E-state index in [-0.39, 0.29) is 18.0 Å². The highest BCUT2D eigenvalue weighted by Gasteiger charge is 2.14. The number of rotatable bonds is 9. The average Bonchev–Trinajstić information content (AvgIpc) is 2.42. The highest BCUT2D eigenvalue weighted by atomic mass is 79.9. The molecule has 1 nitrogen and oxygen atoms in total. The minimum Gasteiger partial charge on any atom is -0.370 e. The Morgan fingerprint density at radius 2 is 1.84 bits per heavy atom. The van der Waals surface area contributed by atoms with E-state index < -0.39 is 0 Å². The second-order valence-corrected chi connectivity index (χ2v) is 5.64. The Labute approximate surface area is 124 Å². The van der Waals surface area contributed by atoms with Gasteiger partial charge in [-0.1, -0.05) is 60.7 Å². The number of hydrogen-bond acceptors (Lipinski definition) is 1. The lowest BCUT2D eigenvalue weighted by Crippen LogP contribution is -2.15. The van der Waals surface area contributed by atoms with Crippen molar-refractivity contribution in [3.63, 3.8) is 0 Å². The predicted molar refractivity (Wildman–Crippen MR) is 82.2 cm³/mol. The van der Waals surface area contributed by atoms with Crippen molar-refractivity contribution in [1.29, 1.82) is 0 Å². The molecule has 0 aliphatic heterocycles. The van der Waals surface area contributed by atoms with E-state index in [1.165, 1.54) is 37.8 Å². The van der Waals surface area contributed by atoms with Gasteiger partial charge in [0.1, 0.15) is 5.82 Å². The monoisotopic (exact) mass is 330 g/mol. The largest absolute Gasteiger partial charge is 0.370 e. The van der Waals surface area contributed by atoms with E-state index in [9.17, 15) is 4.39 Å². The Balaban J connectivity index is 2.41. The van der Waals surface area contributed by atoms with Crippen molar-refractivity contribution in [2.45, 2.75) is 58.2 Å². The maximum atomic E-state index is 12.9. The van der Waals surface area contributed by atoms with Crippen molar-refractivity contribution in [2.24, 2.45) is 0 Å². The van der Waals surface area contributed by atoms with E-state index in [2.05, 4.69) is 29.8 Å². The van der Waals surface area contributed by atoms with E-state index in [1.807, 2.05) is 0 Å². The summed E-state index contributed by atoms with van der Waals surface area (Å²) in [4.78, 5) is 0. The van der Waals surface area contributed by atoms with Gasteiger partial charge in [0.05, 0.1) is 12.2 Å². The van der Waals surface area contributed by atoms with Crippen LogP contribution < -0.4 is 0 Å². The van der Waals surface area contributed by atoms with Crippen LogP contribution in [0.4, 0.5) is 4.39 Å². The van der Waals surface area contributed by atoms with Crippen LogP contribution in [0.25, 0.3) is 0 Å². The molecule has 1 aromatic rings. The number of ether oxygens (including phenoxy) is 1. The van der Waals surface area contributed by atoms with Crippen molar-refractivity contribution in [3.05, 3.63) is 35.6 Å². The number of unbranched alkanes of at least 4 members (excludes halogenated alkanes) is 3. The van der Waals surface area contributed by atoms with Crippen LogP contribution in [0.1, 0.15) is 57.6 Å². The minimum atomic E-state index is -0.204. The molecule has 0 amide bonds. The highest BCUT2D eigenvalue weighted by molar-refractivity contribution is 9.09. The fraction of sp³-hybridized carbons (Fsp3) is 0.625. The van der Waals surface area contributed by atoms with Crippen LogP contribution in [0.3, 0.4) is 0 Å². The summed E-state index contributed by atoms with van der Waals surface area (Å²) in [5, 5.41) is 0.734. The van der Waals surface area contributed by atoms with Crippen LogP contribution in [0.2, 0.25) is 0 Å². The smallest absolute Gasteiger partial charge is 0.123 e. The first-order chi connectivity index (χ1) is 9.17. The molecule has 108 valence electrons. The molecule has 0 aliphatic carbocycles. The third-order valence-corrected chi connectivity index (χ3v) is 3.83. The molecule has 1 aromatic carbocycles. The summed E-state index contributed by atoms with van der Waals surface area (Å²) >= 11 is 3.47. The van der Waals surface area contributed by atoms with E-state index in [0.29, 0.717) is 0 Å². The molecule has 0 aliphatic rings. The standard InChI is InChI=1S/C16H24BrFO/c1-3-4-5-6-7-13(2)19-16(12-17)14-8-10-15(18)11-9-14/h8-11,13,16H,3-7,12H2,1-2H3. The zero-order valence-electron chi connectivity index (χ0n) is 11.9. The van der Waals surface area contributed by atoms with Crippen molar-refractivity contribution < 1.29 is 9.13 Å². The second kappa shape index (κ2) is 9.49. The topological polar surface area (TPSA) is 9.23 Å². The number of benzene rings is 1. The molecule has 2 unspecified atom stereocenters. The average molecular weight is 331 g/mol. The minimum absolute atomic E-state index is 0.00164. The first-order valence-electron chi connectivity index (χ1n) is 7.14. The Morgan fingerprint density at radius 3 is 2.42 bits per heavy atom. The maximum Gasteiger partial charge on any atom is 0.123 e. The predicted octanol–water partition coefficient (Wildman–Crippen LogP) is 5.64. The molecular weight excluding hydrogens is 307 g/mol. The van der Waals surface area contributed by atoms with Crippen molar-refractivity contribution >= 4 is 15.9 Å². The van der Waals surface area contributed by atoms with Gasteiger partial charge in [-0.15, -0.1) is 0 Å². The molecule has 0 saturated carbocycles. The Bertz CT molecular complexity index is 339. The Morgan fingerprint density at radius 1 is 1.16 bits per heavy atom. The van der Waals surface area contributed by atoms with Crippen molar-refractivity contribution in [2.75, 3.05) is 5.33 Å². The van der Waals surface area contributed by atoms with Crippen LogP contribution >= 0.6 is 15.9 Å². The van der Waals surface area contributed by atoms with Crippen molar-refractivity contribution in [1.82, 2.24) is 0 Å². The first-order valence-corrected chi connectivity index (χ1v) is 8.26. The van der Waals surface area contributed by atoms with Crippen molar-refractivity contribution in [3.8, 4) is 0 Å².